The average Bonchev–Trinajstić information content (AvgIpc) is 3.71. The molecule has 0 radical (unpaired) electrons. The lowest BCUT2D eigenvalue weighted by molar-refractivity contribution is -0.123. The molecular formula is C24H22F4N6O4S2. The van der Waals surface area contributed by atoms with Crippen molar-refractivity contribution in [3.8, 4) is 21.3 Å². The van der Waals surface area contributed by atoms with Gasteiger partial charge >= 0.3 is 6.18 Å². The molecule has 4 aromatic rings. The highest BCUT2D eigenvalue weighted by molar-refractivity contribution is 7.20. The third-order valence-corrected chi connectivity index (χ3v) is 6.99. The minimum Gasteiger partial charge on any atom is -0.489 e. The van der Waals surface area contributed by atoms with Crippen molar-refractivity contribution in [1.82, 2.24) is 30.6 Å². The number of hydrogen-bond acceptors (Lipinski definition) is 9. The Hall–Kier alpha value is -3.89. The molecule has 0 aliphatic heterocycles. The summed E-state index contributed by atoms with van der Waals surface area (Å²) in [5.74, 6) is -1.42. The molecule has 0 saturated heterocycles. The molecule has 0 aliphatic rings. The fraction of sp³-hybridized carbons (Fsp3) is 0.292. The molecule has 1 aromatic carbocycles. The first-order valence-electron chi connectivity index (χ1n) is 11.7. The Balaban J connectivity index is 1.45. The van der Waals surface area contributed by atoms with Crippen LogP contribution in [0.15, 0.2) is 47.3 Å². The summed E-state index contributed by atoms with van der Waals surface area (Å²) in [5, 5.41) is 17.0. The van der Waals surface area contributed by atoms with Gasteiger partial charge in [-0.1, -0.05) is 11.3 Å². The Bertz CT molecular complexity index is 1420. The number of ether oxygens (including phenoxy) is 2. The third kappa shape index (κ3) is 8.06. The summed E-state index contributed by atoms with van der Waals surface area (Å²) >= 11 is 3.03. The molecule has 2 N–H and O–H groups in total. The molecule has 40 heavy (non-hydrogen) atoms. The summed E-state index contributed by atoms with van der Waals surface area (Å²) < 4.78 is 61.7. The first-order chi connectivity index (χ1) is 19.2. The van der Waals surface area contributed by atoms with Crippen molar-refractivity contribution in [2.24, 2.45) is 0 Å². The van der Waals surface area contributed by atoms with Crippen LogP contribution in [-0.2, 0) is 11.3 Å². The van der Waals surface area contributed by atoms with Crippen molar-refractivity contribution in [1.29, 1.82) is 0 Å². The van der Waals surface area contributed by atoms with Crippen LogP contribution in [0.1, 0.15) is 26.5 Å². The van der Waals surface area contributed by atoms with E-state index in [0.29, 0.717) is 5.69 Å². The van der Waals surface area contributed by atoms with E-state index < -0.39 is 31.2 Å². The highest BCUT2D eigenvalue weighted by atomic mass is 32.1. The molecule has 0 fully saturated rings. The van der Waals surface area contributed by atoms with Gasteiger partial charge in [0.1, 0.15) is 36.3 Å². The number of thiazole rings is 1. The number of nitrogens with one attached hydrogen (secondary N) is 2. The summed E-state index contributed by atoms with van der Waals surface area (Å²) in [6.45, 7) is -2.18. The van der Waals surface area contributed by atoms with Gasteiger partial charge in [-0.15, -0.1) is 27.8 Å². The Morgan fingerprint density at radius 3 is 2.65 bits per heavy atom. The minimum absolute atomic E-state index is 0.0158. The first-order valence-corrected chi connectivity index (χ1v) is 13.4. The maximum Gasteiger partial charge on any atom is 0.405 e. The van der Waals surface area contributed by atoms with Crippen LogP contribution in [0, 0.1) is 0 Å². The zero-order chi connectivity index (χ0) is 28.5. The predicted octanol–water partition coefficient (Wildman–Crippen LogP) is 4.04. The van der Waals surface area contributed by atoms with Crippen molar-refractivity contribution in [2.45, 2.75) is 12.7 Å². The molecule has 4 rings (SSSR count). The largest absolute Gasteiger partial charge is 0.489 e. The lowest BCUT2D eigenvalue weighted by atomic mass is 10.1. The van der Waals surface area contributed by atoms with Crippen LogP contribution in [0.25, 0.3) is 15.6 Å². The third-order valence-electron chi connectivity index (χ3n) is 5.06. The Kier molecular flexibility index (Phi) is 9.79. The second kappa shape index (κ2) is 13.5. The molecule has 0 atom stereocenters. The summed E-state index contributed by atoms with van der Waals surface area (Å²) in [4.78, 5) is 30.5. The maximum absolute atomic E-state index is 12.7. The summed E-state index contributed by atoms with van der Waals surface area (Å²) in [6, 6.07) is 7.78. The van der Waals surface area contributed by atoms with Gasteiger partial charge in [0.15, 0.2) is 5.69 Å². The van der Waals surface area contributed by atoms with Gasteiger partial charge in [-0.3, -0.25) is 9.59 Å². The van der Waals surface area contributed by atoms with Crippen LogP contribution in [0.5, 0.6) is 5.75 Å². The van der Waals surface area contributed by atoms with Crippen LogP contribution < -0.4 is 15.4 Å². The van der Waals surface area contributed by atoms with E-state index in [-0.39, 0.29) is 49.1 Å². The molecule has 3 heterocycles. The van der Waals surface area contributed by atoms with E-state index in [9.17, 15) is 27.2 Å². The SMILES string of the molecule is O=C(NCC(F)(F)F)c1ccc(-n2cc(C(=O)NCc3csc(-c4cccs4)n3)nn2)c(OCCOCCF)c1. The highest BCUT2D eigenvalue weighted by Crippen LogP contribution is 2.28. The van der Waals surface area contributed by atoms with Gasteiger partial charge in [0, 0.05) is 10.9 Å². The van der Waals surface area contributed by atoms with Crippen molar-refractivity contribution < 1.29 is 36.6 Å². The minimum atomic E-state index is -4.58. The predicted molar refractivity (Wildman–Crippen MR) is 139 cm³/mol. The van der Waals surface area contributed by atoms with E-state index in [4.69, 9.17) is 9.47 Å². The van der Waals surface area contributed by atoms with Crippen LogP contribution in [0.2, 0.25) is 0 Å². The first kappa shape index (κ1) is 29.1. The molecule has 2 amide bonds. The zero-order valence-corrected chi connectivity index (χ0v) is 22.2. The molecular weight excluding hydrogens is 576 g/mol. The maximum atomic E-state index is 12.7. The fourth-order valence-corrected chi connectivity index (χ4v) is 4.89. The van der Waals surface area contributed by atoms with E-state index in [1.807, 2.05) is 22.9 Å². The number of aromatic nitrogens is 4. The van der Waals surface area contributed by atoms with Crippen LogP contribution in [0.4, 0.5) is 17.6 Å². The van der Waals surface area contributed by atoms with Crippen LogP contribution in [0.3, 0.4) is 0 Å². The molecule has 0 saturated carbocycles. The van der Waals surface area contributed by atoms with Gasteiger partial charge in [0.25, 0.3) is 11.8 Å². The quantitative estimate of drug-likeness (QED) is 0.176. The number of rotatable bonds is 13. The number of hydrogen-bond donors (Lipinski definition) is 2. The summed E-state index contributed by atoms with van der Waals surface area (Å²) in [6.07, 6.45) is -3.25. The van der Waals surface area contributed by atoms with Crippen LogP contribution >= 0.6 is 22.7 Å². The molecule has 212 valence electrons. The van der Waals surface area contributed by atoms with Crippen molar-refractivity contribution in [3.05, 3.63) is 64.2 Å². The second-order valence-corrected chi connectivity index (χ2v) is 9.79. The topological polar surface area (TPSA) is 120 Å². The van der Waals surface area contributed by atoms with E-state index in [1.54, 1.807) is 16.7 Å². The van der Waals surface area contributed by atoms with Gasteiger partial charge in [-0.25, -0.2) is 14.1 Å². The van der Waals surface area contributed by atoms with Gasteiger partial charge in [-0.2, -0.15) is 13.2 Å². The van der Waals surface area contributed by atoms with Gasteiger partial charge in [-0.05, 0) is 29.6 Å². The Morgan fingerprint density at radius 1 is 1.05 bits per heavy atom. The average molecular weight is 599 g/mol. The number of benzene rings is 1. The number of nitrogens with zero attached hydrogens (tertiary/aromatic N) is 4. The number of carbonyl (C=O) groups excluding carboxylic acids is 2. The number of alkyl halides is 4. The molecule has 0 spiro atoms. The van der Waals surface area contributed by atoms with E-state index >= 15 is 0 Å². The van der Waals surface area contributed by atoms with Crippen molar-refractivity contribution in [2.75, 3.05) is 33.0 Å². The van der Waals surface area contributed by atoms with Crippen molar-refractivity contribution in [3.63, 3.8) is 0 Å². The summed E-state index contributed by atoms with van der Waals surface area (Å²) in [5.41, 5.74) is 0.817. The van der Waals surface area contributed by atoms with E-state index in [1.165, 1.54) is 40.4 Å². The normalized spacial score (nSPS) is 11.4. The van der Waals surface area contributed by atoms with Gasteiger partial charge in [0.05, 0.1) is 36.5 Å². The standard InChI is InChI=1S/C24H22F4N6O4S2/c25-5-6-37-7-8-38-19-10-15(21(35)30-14-24(26,27)28)3-4-18(19)34-12-17(32-33-34)22(36)29-11-16-13-40-23(31-16)20-2-1-9-39-20/h1-4,9-10,12-13H,5-8,11,14H2,(H,29,36)(H,30,35). The number of amides is 2. The number of carbonyl (C=O) groups is 2. The molecule has 16 heteroatoms. The fourth-order valence-electron chi connectivity index (χ4n) is 3.26. The number of halogens is 4. The van der Waals surface area contributed by atoms with E-state index in [2.05, 4.69) is 20.6 Å². The van der Waals surface area contributed by atoms with Crippen molar-refractivity contribution >= 4 is 34.5 Å². The van der Waals surface area contributed by atoms with Crippen LogP contribution in [-0.4, -0.2) is 71.0 Å². The Labute approximate surface area is 232 Å². The molecule has 3 aromatic heterocycles. The highest BCUT2D eigenvalue weighted by Gasteiger charge is 2.28. The van der Waals surface area contributed by atoms with E-state index in [0.717, 1.165) is 9.88 Å². The monoisotopic (exact) mass is 598 g/mol. The Morgan fingerprint density at radius 2 is 1.90 bits per heavy atom. The lowest BCUT2D eigenvalue weighted by Crippen LogP contribution is -2.33. The van der Waals surface area contributed by atoms with Gasteiger partial charge < -0.3 is 20.1 Å². The molecule has 10 nitrogen and oxygen atoms in total. The smallest absolute Gasteiger partial charge is 0.405 e. The molecule has 0 unspecified atom stereocenters. The lowest BCUT2D eigenvalue weighted by Gasteiger charge is -2.14. The molecule has 0 bridgehead atoms. The van der Waals surface area contributed by atoms with Gasteiger partial charge in [0.2, 0.25) is 0 Å². The summed E-state index contributed by atoms with van der Waals surface area (Å²) in [7, 11) is 0. The zero-order valence-electron chi connectivity index (χ0n) is 20.6. The molecule has 0 aliphatic carbocycles. The second-order valence-electron chi connectivity index (χ2n) is 7.98. The number of thiophene rings is 1.